The highest BCUT2D eigenvalue weighted by molar-refractivity contribution is 5.82. The molecule has 1 atom stereocenters. The van der Waals surface area contributed by atoms with Crippen LogP contribution in [0.25, 0.3) is 0 Å². The van der Waals surface area contributed by atoms with Gasteiger partial charge in [0.15, 0.2) is 0 Å². The minimum Gasteiger partial charge on any atom is -0.356 e. The fourth-order valence-electron chi connectivity index (χ4n) is 3.77. The summed E-state index contributed by atoms with van der Waals surface area (Å²) in [4.78, 5) is 22.4. The normalized spacial score (nSPS) is 21.4. The van der Waals surface area contributed by atoms with Gasteiger partial charge in [0.2, 0.25) is 5.91 Å². The molecule has 1 aromatic rings. The number of amides is 1. The van der Waals surface area contributed by atoms with Crippen LogP contribution in [0.15, 0.2) is 24.3 Å². The van der Waals surface area contributed by atoms with E-state index in [1.54, 1.807) is 12.1 Å². The Labute approximate surface area is 142 Å². The molecule has 1 unspecified atom stereocenters. The minimum absolute atomic E-state index is 0.127. The molecule has 6 nitrogen and oxygen atoms in total. The number of piperidine rings is 1. The first-order valence-electron chi connectivity index (χ1n) is 8.82. The molecule has 1 aliphatic carbocycles. The Morgan fingerprint density at radius 2 is 1.96 bits per heavy atom. The Morgan fingerprint density at radius 1 is 1.25 bits per heavy atom. The lowest BCUT2D eigenvalue weighted by Crippen LogP contribution is -2.34. The number of unbranched alkanes of at least 4 members (excludes halogenated alkanes) is 1. The molecule has 6 heteroatoms. The van der Waals surface area contributed by atoms with E-state index >= 15 is 0 Å². The zero-order valence-electron chi connectivity index (χ0n) is 13.9. The van der Waals surface area contributed by atoms with E-state index < -0.39 is 0 Å². The Bertz CT molecular complexity index is 594. The number of nitrogens with zero attached hydrogens (tertiary/aromatic N) is 1. The van der Waals surface area contributed by atoms with E-state index in [4.69, 9.17) is 0 Å². The second-order valence-electron chi connectivity index (χ2n) is 7.04. The van der Waals surface area contributed by atoms with E-state index in [0.29, 0.717) is 5.41 Å². The van der Waals surface area contributed by atoms with Gasteiger partial charge in [-0.25, -0.2) is 0 Å². The van der Waals surface area contributed by atoms with Gasteiger partial charge in [-0.2, -0.15) is 0 Å². The lowest BCUT2D eigenvalue weighted by Gasteiger charge is -2.23. The van der Waals surface area contributed by atoms with Crippen LogP contribution in [0.3, 0.4) is 0 Å². The van der Waals surface area contributed by atoms with E-state index in [1.165, 1.54) is 0 Å². The Balaban J connectivity index is 1.31. The highest BCUT2D eigenvalue weighted by atomic mass is 16.6. The third-order valence-corrected chi connectivity index (χ3v) is 5.44. The van der Waals surface area contributed by atoms with Crippen molar-refractivity contribution in [1.29, 1.82) is 0 Å². The molecule has 0 radical (unpaired) electrons. The summed E-state index contributed by atoms with van der Waals surface area (Å²) >= 11 is 0. The lowest BCUT2D eigenvalue weighted by atomic mass is 9.92. The summed E-state index contributed by atoms with van der Waals surface area (Å²) in [7, 11) is 0. The first kappa shape index (κ1) is 16.9. The van der Waals surface area contributed by atoms with Gasteiger partial charge in [0, 0.05) is 24.6 Å². The molecule has 2 aliphatic rings. The van der Waals surface area contributed by atoms with Crippen LogP contribution in [0.2, 0.25) is 0 Å². The Kier molecular flexibility index (Phi) is 5.14. The van der Waals surface area contributed by atoms with Crippen molar-refractivity contribution in [2.75, 3.05) is 19.6 Å². The number of carbonyl (C=O) groups is 1. The van der Waals surface area contributed by atoms with Crippen molar-refractivity contribution in [1.82, 2.24) is 10.6 Å². The average molecular weight is 331 g/mol. The summed E-state index contributed by atoms with van der Waals surface area (Å²) in [6.07, 6.45) is 6.11. The number of carbonyl (C=O) groups excluding carboxylic acids is 1. The first-order valence-corrected chi connectivity index (χ1v) is 8.82. The molecule has 0 bridgehead atoms. The van der Waals surface area contributed by atoms with Crippen LogP contribution in [0.5, 0.6) is 0 Å². The van der Waals surface area contributed by atoms with E-state index in [-0.39, 0.29) is 22.4 Å². The number of non-ortho nitro benzene ring substituents is 1. The lowest BCUT2D eigenvalue weighted by molar-refractivity contribution is -0.384. The third-order valence-electron chi connectivity index (χ3n) is 5.44. The van der Waals surface area contributed by atoms with Gasteiger partial charge in [0.25, 0.3) is 5.69 Å². The SMILES string of the molecule is O=C(NCCCCc1ccc([N+](=O)[O-])cc1)C1CC12CCNCC2. The van der Waals surface area contributed by atoms with Crippen molar-refractivity contribution in [3.8, 4) is 0 Å². The van der Waals surface area contributed by atoms with E-state index in [9.17, 15) is 14.9 Å². The molecule has 0 aromatic heterocycles. The summed E-state index contributed by atoms with van der Waals surface area (Å²) in [6, 6.07) is 6.70. The van der Waals surface area contributed by atoms with Crippen molar-refractivity contribution in [2.24, 2.45) is 11.3 Å². The van der Waals surface area contributed by atoms with Crippen molar-refractivity contribution in [2.45, 2.75) is 38.5 Å². The monoisotopic (exact) mass is 331 g/mol. The standard InChI is InChI=1S/C18H25N3O3/c22-17(16-13-18(16)8-11-19-12-9-18)20-10-2-1-3-14-4-6-15(7-5-14)21(23)24/h4-7,16,19H,1-3,8-13H2,(H,20,22). The van der Waals surface area contributed by atoms with Crippen molar-refractivity contribution in [3.63, 3.8) is 0 Å². The number of hydrogen-bond donors (Lipinski definition) is 2. The first-order chi connectivity index (χ1) is 11.6. The number of nitro benzene ring substituents is 1. The molecular formula is C18H25N3O3. The van der Waals surface area contributed by atoms with Crippen molar-refractivity contribution < 1.29 is 9.72 Å². The van der Waals surface area contributed by atoms with Gasteiger partial charge >= 0.3 is 0 Å². The van der Waals surface area contributed by atoms with Crippen LogP contribution in [-0.4, -0.2) is 30.5 Å². The van der Waals surface area contributed by atoms with Gasteiger partial charge in [-0.1, -0.05) is 12.1 Å². The molecule has 24 heavy (non-hydrogen) atoms. The average Bonchev–Trinajstić information content (AvgIpc) is 3.28. The number of aryl methyl sites for hydroxylation is 1. The Hall–Kier alpha value is -1.95. The third kappa shape index (κ3) is 3.93. The van der Waals surface area contributed by atoms with E-state index in [0.717, 1.165) is 63.7 Å². The highest BCUT2D eigenvalue weighted by Gasteiger charge is 2.57. The maximum absolute atomic E-state index is 12.2. The highest BCUT2D eigenvalue weighted by Crippen LogP contribution is 2.58. The maximum Gasteiger partial charge on any atom is 0.269 e. The number of rotatable bonds is 7. The van der Waals surface area contributed by atoms with Gasteiger partial charge in [-0.15, -0.1) is 0 Å². The summed E-state index contributed by atoms with van der Waals surface area (Å²) in [5.74, 6) is 0.460. The molecule has 2 fully saturated rings. The fraction of sp³-hybridized carbons (Fsp3) is 0.611. The number of hydrogen-bond acceptors (Lipinski definition) is 4. The second kappa shape index (κ2) is 7.30. The molecule has 130 valence electrons. The molecule has 1 amide bonds. The van der Waals surface area contributed by atoms with Crippen molar-refractivity contribution >= 4 is 11.6 Å². The van der Waals surface area contributed by atoms with Crippen molar-refractivity contribution in [3.05, 3.63) is 39.9 Å². The summed E-state index contributed by atoms with van der Waals surface area (Å²) in [5, 5.41) is 17.0. The van der Waals surface area contributed by atoms with Gasteiger partial charge in [0.1, 0.15) is 0 Å². The number of nitrogens with one attached hydrogen (secondary N) is 2. The number of benzene rings is 1. The fourth-order valence-corrected chi connectivity index (χ4v) is 3.77. The zero-order valence-corrected chi connectivity index (χ0v) is 13.9. The number of nitro groups is 1. The van der Waals surface area contributed by atoms with Gasteiger partial charge in [0.05, 0.1) is 4.92 Å². The molecule has 1 saturated carbocycles. The predicted molar refractivity (Wildman–Crippen MR) is 91.7 cm³/mol. The molecule has 1 spiro atoms. The maximum atomic E-state index is 12.2. The molecular weight excluding hydrogens is 306 g/mol. The van der Waals surface area contributed by atoms with Crippen LogP contribution in [-0.2, 0) is 11.2 Å². The summed E-state index contributed by atoms with van der Waals surface area (Å²) < 4.78 is 0. The van der Waals surface area contributed by atoms with E-state index in [1.807, 2.05) is 12.1 Å². The second-order valence-corrected chi connectivity index (χ2v) is 7.04. The smallest absolute Gasteiger partial charge is 0.269 e. The van der Waals surface area contributed by atoms with E-state index in [2.05, 4.69) is 10.6 Å². The molecule has 1 aliphatic heterocycles. The Morgan fingerprint density at radius 3 is 2.62 bits per heavy atom. The van der Waals surface area contributed by atoms with Crippen LogP contribution < -0.4 is 10.6 Å². The summed E-state index contributed by atoms with van der Waals surface area (Å²) in [5.41, 5.74) is 1.53. The molecule has 1 aromatic carbocycles. The predicted octanol–water partition coefficient (Wildman–Crippen LogP) is 2.42. The quantitative estimate of drug-likeness (QED) is 0.456. The van der Waals surface area contributed by atoms with Crippen LogP contribution >= 0.6 is 0 Å². The molecule has 1 heterocycles. The van der Waals surface area contributed by atoms with Gasteiger partial charge < -0.3 is 10.6 Å². The van der Waals surface area contributed by atoms with Gasteiger partial charge in [-0.3, -0.25) is 14.9 Å². The molecule has 1 saturated heterocycles. The van der Waals surface area contributed by atoms with Crippen LogP contribution in [0.4, 0.5) is 5.69 Å². The largest absolute Gasteiger partial charge is 0.356 e. The van der Waals surface area contributed by atoms with Crippen LogP contribution in [0.1, 0.15) is 37.7 Å². The zero-order chi connectivity index (χ0) is 17.0. The topological polar surface area (TPSA) is 84.3 Å². The molecule has 3 rings (SSSR count). The minimum atomic E-state index is -0.383. The van der Waals surface area contributed by atoms with Crippen LogP contribution in [0, 0.1) is 21.4 Å². The van der Waals surface area contributed by atoms with Gasteiger partial charge in [-0.05, 0) is 62.6 Å². The molecule has 2 N–H and O–H groups in total. The summed E-state index contributed by atoms with van der Waals surface area (Å²) in [6.45, 7) is 2.80.